The molecule has 5 rings (SSSR count). The van der Waals surface area contributed by atoms with E-state index in [4.69, 9.17) is 28.4 Å². The van der Waals surface area contributed by atoms with Crippen molar-refractivity contribution in [1.29, 1.82) is 0 Å². The number of rotatable bonds is 21. The van der Waals surface area contributed by atoms with Crippen molar-refractivity contribution in [2.75, 3.05) is 26.4 Å². The maximum absolute atomic E-state index is 13.4. The summed E-state index contributed by atoms with van der Waals surface area (Å²) in [7, 11) is 0. The number of aromatic nitrogens is 1. The predicted molar refractivity (Wildman–Crippen MR) is 219 cm³/mol. The zero-order valence-corrected chi connectivity index (χ0v) is 34.4. The lowest BCUT2D eigenvalue weighted by molar-refractivity contribution is -0.152. The van der Waals surface area contributed by atoms with Gasteiger partial charge in [-0.05, 0) is 107 Å². The lowest BCUT2D eigenvalue weighted by Gasteiger charge is -2.26. The Morgan fingerprint density at radius 3 is 1.63 bits per heavy atom. The lowest BCUT2D eigenvalue weighted by Crippen LogP contribution is -2.30. The molecule has 0 saturated heterocycles. The minimum absolute atomic E-state index is 0.00634. The highest BCUT2D eigenvalue weighted by Gasteiger charge is 2.34. The molecule has 2 fully saturated rings. The van der Waals surface area contributed by atoms with E-state index in [0.717, 1.165) is 22.4 Å². The molecule has 0 spiro atoms. The van der Waals surface area contributed by atoms with Crippen molar-refractivity contribution in [3.8, 4) is 11.5 Å². The van der Waals surface area contributed by atoms with Gasteiger partial charge < -0.3 is 28.4 Å². The summed E-state index contributed by atoms with van der Waals surface area (Å²) in [4.78, 5) is 78.8. The molecule has 0 unspecified atom stereocenters. The van der Waals surface area contributed by atoms with Crippen LogP contribution in [-0.4, -0.2) is 67.2 Å². The number of azo groups is 1. The summed E-state index contributed by atoms with van der Waals surface area (Å²) >= 11 is 1.39. The maximum Gasteiger partial charge on any atom is 0.330 e. The normalized spacial score (nSPS) is 18.9. The summed E-state index contributed by atoms with van der Waals surface area (Å²) in [5.41, 5.74) is 1.28. The maximum atomic E-state index is 13.4. The van der Waals surface area contributed by atoms with Gasteiger partial charge >= 0.3 is 35.8 Å². The molecule has 2 saturated carbocycles. The van der Waals surface area contributed by atoms with Crippen molar-refractivity contribution >= 4 is 62.5 Å². The smallest absolute Gasteiger partial charge is 0.330 e. The van der Waals surface area contributed by atoms with Crippen LogP contribution in [0.3, 0.4) is 0 Å². The molecule has 0 N–H and O–H groups in total. The van der Waals surface area contributed by atoms with Gasteiger partial charge in [0.15, 0.2) is 0 Å². The number of ether oxygens (including phenoxy) is 6. The second kappa shape index (κ2) is 23.7. The standard InChI is InChI=1S/C44H51N3O12S/c1-3-38(48)54-23-7-9-25-56-40(50)29-13-17-31(18-14-29)42(52)58-34-21-22-36(33(27-34)28-45-47-44-46-35-11-5-6-12-37(35)60-44)59-43(53)32-19-15-30(16-20-32)41(51)57-26-10-8-24-55-39(49)4-2/h3-6,11-12,21-22,27,29-32H,1-2,7-10,13-20,23-26,28H2. The van der Waals surface area contributed by atoms with Gasteiger partial charge in [0.05, 0.1) is 66.9 Å². The van der Waals surface area contributed by atoms with Crippen LogP contribution in [0.4, 0.5) is 5.13 Å². The number of thiazole rings is 1. The van der Waals surface area contributed by atoms with Gasteiger partial charge in [-0.15, -0.1) is 5.11 Å². The molecule has 60 heavy (non-hydrogen) atoms. The van der Waals surface area contributed by atoms with Gasteiger partial charge in [0.25, 0.3) is 0 Å². The second-order valence-electron chi connectivity index (χ2n) is 14.6. The molecular formula is C44H51N3O12S. The average molecular weight is 846 g/mol. The minimum Gasteiger partial charge on any atom is -0.465 e. The molecule has 16 heteroatoms. The van der Waals surface area contributed by atoms with Crippen LogP contribution in [0.1, 0.15) is 82.6 Å². The van der Waals surface area contributed by atoms with E-state index in [-0.39, 0.29) is 68.2 Å². The monoisotopic (exact) mass is 845 g/mol. The molecule has 15 nitrogen and oxygen atoms in total. The number of nitrogens with zero attached hydrogens (tertiary/aromatic N) is 3. The molecule has 0 bridgehead atoms. The van der Waals surface area contributed by atoms with E-state index in [2.05, 4.69) is 28.4 Å². The Bertz CT molecular complexity index is 1980. The molecule has 0 atom stereocenters. The number of benzene rings is 2. The van der Waals surface area contributed by atoms with Crippen LogP contribution >= 0.6 is 11.3 Å². The number of unbranched alkanes of at least 4 members (excludes halogenated alkanes) is 2. The van der Waals surface area contributed by atoms with Crippen molar-refractivity contribution in [3.05, 3.63) is 73.3 Å². The van der Waals surface area contributed by atoms with Crippen LogP contribution in [0.15, 0.2) is 78.0 Å². The SMILES string of the molecule is C=CC(=O)OCCCCOC(=O)C1CCC(C(=O)Oc2ccc(OC(=O)C3CCC(C(=O)OCCCCOC(=O)C=C)CC3)c(CN=Nc3nc4ccccc4s3)c2)CC1. The highest BCUT2D eigenvalue weighted by molar-refractivity contribution is 7.21. The first-order valence-corrected chi connectivity index (χ1v) is 21.2. The van der Waals surface area contributed by atoms with Crippen LogP contribution in [0.5, 0.6) is 11.5 Å². The van der Waals surface area contributed by atoms with E-state index < -0.39 is 35.7 Å². The molecule has 3 aromatic rings. The molecule has 0 amide bonds. The second-order valence-corrected chi connectivity index (χ2v) is 15.6. The van der Waals surface area contributed by atoms with E-state index in [0.29, 0.717) is 87.7 Å². The summed E-state index contributed by atoms with van der Waals surface area (Å²) in [6.07, 6.45) is 8.19. The van der Waals surface area contributed by atoms with Crippen LogP contribution < -0.4 is 9.47 Å². The first kappa shape index (κ1) is 45.3. The molecule has 320 valence electrons. The summed E-state index contributed by atoms with van der Waals surface area (Å²) in [5.74, 6) is -3.41. The summed E-state index contributed by atoms with van der Waals surface area (Å²) in [6, 6.07) is 12.4. The third kappa shape index (κ3) is 14.2. The molecule has 2 aromatic carbocycles. The van der Waals surface area contributed by atoms with E-state index in [1.165, 1.54) is 11.3 Å². The molecule has 0 aliphatic heterocycles. The number of fused-ring (bicyclic) bond motifs is 1. The third-order valence-electron chi connectivity index (χ3n) is 10.3. The molecule has 2 aliphatic carbocycles. The van der Waals surface area contributed by atoms with Gasteiger partial charge in [0, 0.05) is 17.7 Å². The Labute approximate surface area is 352 Å². The highest BCUT2D eigenvalue weighted by atomic mass is 32.1. The van der Waals surface area contributed by atoms with Gasteiger partial charge in [0.1, 0.15) is 11.5 Å². The Morgan fingerprint density at radius 2 is 1.12 bits per heavy atom. The first-order chi connectivity index (χ1) is 29.1. The van der Waals surface area contributed by atoms with Crippen molar-refractivity contribution in [1.82, 2.24) is 4.98 Å². The van der Waals surface area contributed by atoms with Gasteiger partial charge in [-0.3, -0.25) is 19.2 Å². The number of para-hydroxylation sites is 1. The summed E-state index contributed by atoms with van der Waals surface area (Å²) in [5, 5.41) is 9.12. The van der Waals surface area contributed by atoms with Crippen molar-refractivity contribution < 1.29 is 57.2 Å². The minimum atomic E-state index is -0.493. The zero-order valence-electron chi connectivity index (χ0n) is 33.6. The van der Waals surface area contributed by atoms with Gasteiger partial charge in [-0.25, -0.2) is 14.6 Å². The summed E-state index contributed by atoms with van der Waals surface area (Å²) < 4.78 is 33.4. The fraction of sp³-hybridized carbons (Fsp3) is 0.477. The fourth-order valence-electron chi connectivity index (χ4n) is 6.89. The Kier molecular flexibility index (Phi) is 17.9. The molecule has 2 aliphatic rings. The molecule has 1 heterocycles. The van der Waals surface area contributed by atoms with Gasteiger partial charge in [0.2, 0.25) is 5.13 Å². The van der Waals surface area contributed by atoms with Crippen LogP contribution in [0.2, 0.25) is 0 Å². The molecule has 1 aromatic heterocycles. The van der Waals surface area contributed by atoms with Crippen molar-refractivity contribution in [2.45, 2.75) is 83.6 Å². The van der Waals surface area contributed by atoms with E-state index in [9.17, 15) is 28.8 Å². The Hall–Kier alpha value is -5.77. The molecule has 0 radical (unpaired) electrons. The van der Waals surface area contributed by atoms with Crippen LogP contribution in [0.25, 0.3) is 10.2 Å². The number of carbonyl (C=O) groups excluding carboxylic acids is 6. The number of carbonyl (C=O) groups is 6. The van der Waals surface area contributed by atoms with E-state index >= 15 is 0 Å². The predicted octanol–water partition coefficient (Wildman–Crippen LogP) is 8.11. The highest BCUT2D eigenvalue weighted by Crippen LogP contribution is 2.35. The fourth-order valence-corrected chi connectivity index (χ4v) is 7.70. The number of hydrogen-bond acceptors (Lipinski definition) is 16. The van der Waals surface area contributed by atoms with Crippen molar-refractivity contribution in [2.24, 2.45) is 33.9 Å². The van der Waals surface area contributed by atoms with Crippen molar-refractivity contribution in [3.63, 3.8) is 0 Å². The lowest BCUT2D eigenvalue weighted by atomic mass is 9.82. The topological polar surface area (TPSA) is 195 Å². The number of hydrogen-bond donors (Lipinski definition) is 0. The average Bonchev–Trinajstić information content (AvgIpc) is 3.69. The molecular weight excluding hydrogens is 795 g/mol. The zero-order chi connectivity index (χ0) is 42.7. The van der Waals surface area contributed by atoms with Crippen LogP contribution in [-0.2, 0) is 54.3 Å². The first-order valence-electron chi connectivity index (χ1n) is 20.3. The summed E-state index contributed by atoms with van der Waals surface area (Å²) in [6.45, 7) is 7.59. The van der Waals surface area contributed by atoms with Gasteiger partial charge in [-0.1, -0.05) is 36.6 Å². The Balaban J connectivity index is 1.13. The van der Waals surface area contributed by atoms with Gasteiger partial charge in [-0.2, -0.15) is 5.11 Å². The Morgan fingerprint density at radius 1 is 0.633 bits per heavy atom. The number of esters is 6. The van der Waals surface area contributed by atoms with E-state index in [1.807, 2.05) is 24.3 Å². The largest absolute Gasteiger partial charge is 0.465 e. The quantitative estimate of drug-likeness (QED) is 0.0249. The third-order valence-corrected chi connectivity index (χ3v) is 11.2. The van der Waals surface area contributed by atoms with Crippen LogP contribution in [0, 0.1) is 23.7 Å². The van der Waals surface area contributed by atoms with E-state index in [1.54, 1.807) is 18.2 Å².